The Morgan fingerprint density at radius 1 is 1.42 bits per heavy atom. The first-order chi connectivity index (χ1) is 8.90. The molecule has 1 atom stereocenters. The van der Waals surface area contributed by atoms with Crippen LogP contribution in [0.1, 0.15) is 43.6 Å². The topological polar surface area (TPSA) is 101 Å². The number of Topliss-reactive ketones (excluding diaryl/α,β-unsaturated/α-hetero) is 1. The van der Waals surface area contributed by atoms with E-state index in [4.69, 9.17) is 0 Å². The van der Waals surface area contributed by atoms with E-state index in [1.165, 1.54) is 13.8 Å². The van der Waals surface area contributed by atoms with Gasteiger partial charge in [-0.2, -0.15) is 0 Å². The average Bonchev–Trinajstić information content (AvgIpc) is 2.35. The molecule has 2 N–H and O–H groups in total. The Kier molecular flexibility index (Phi) is 4.80. The minimum Gasteiger partial charge on any atom is -0.354 e. The molecule has 0 saturated carbocycles. The molecule has 1 unspecified atom stereocenters. The maximum atomic E-state index is 12.0. The predicted molar refractivity (Wildman–Crippen MR) is 69.3 cm³/mol. The summed E-state index contributed by atoms with van der Waals surface area (Å²) in [6.45, 7) is 5.01. The van der Waals surface area contributed by atoms with Crippen LogP contribution in [-0.2, 0) is 4.79 Å². The van der Waals surface area contributed by atoms with Crippen LogP contribution in [0.4, 0.5) is 0 Å². The van der Waals surface area contributed by atoms with Crippen molar-refractivity contribution < 1.29 is 9.59 Å². The maximum Gasteiger partial charge on any atom is 0.329 e. The summed E-state index contributed by atoms with van der Waals surface area (Å²) in [5.41, 5.74) is -1.61. The third-order valence-corrected chi connectivity index (χ3v) is 2.70. The zero-order valence-electron chi connectivity index (χ0n) is 11.1. The van der Waals surface area contributed by atoms with E-state index in [1.807, 2.05) is 6.92 Å². The van der Waals surface area contributed by atoms with E-state index >= 15 is 0 Å². The van der Waals surface area contributed by atoms with Gasteiger partial charge in [-0.05, 0) is 20.3 Å². The van der Waals surface area contributed by atoms with Gasteiger partial charge in [0.25, 0.3) is 5.56 Å². The Labute approximate surface area is 109 Å². The number of nitrogens with one attached hydrogen (secondary N) is 2. The highest BCUT2D eigenvalue weighted by Gasteiger charge is 2.20. The van der Waals surface area contributed by atoms with Gasteiger partial charge in [0.2, 0.25) is 5.91 Å². The number of rotatable bonds is 5. The number of H-pyrrole nitrogens is 1. The molecule has 0 aliphatic heterocycles. The van der Waals surface area contributed by atoms with Crippen LogP contribution < -0.4 is 16.6 Å². The lowest BCUT2D eigenvalue weighted by atomic mass is 10.2. The second kappa shape index (κ2) is 6.12. The highest BCUT2D eigenvalue weighted by atomic mass is 16.2. The van der Waals surface area contributed by atoms with Crippen molar-refractivity contribution in [2.45, 2.75) is 33.2 Å². The molecule has 0 aliphatic carbocycles. The average molecular weight is 267 g/mol. The molecule has 1 aromatic rings. The quantitative estimate of drug-likeness (QED) is 0.723. The lowest BCUT2D eigenvalue weighted by Crippen LogP contribution is -2.44. The molecule has 1 heterocycles. The van der Waals surface area contributed by atoms with Gasteiger partial charge in [0.1, 0.15) is 6.04 Å². The van der Waals surface area contributed by atoms with Gasteiger partial charge in [0, 0.05) is 12.7 Å². The maximum absolute atomic E-state index is 12.0. The second-order valence-corrected chi connectivity index (χ2v) is 4.21. The van der Waals surface area contributed by atoms with Gasteiger partial charge in [0.05, 0.1) is 5.56 Å². The van der Waals surface area contributed by atoms with Crippen molar-refractivity contribution in [3.05, 3.63) is 32.6 Å². The number of aromatic nitrogens is 2. The molecule has 0 spiro atoms. The van der Waals surface area contributed by atoms with Crippen molar-refractivity contribution in [1.82, 2.24) is 14.9 Å². The first kappa shape index (κ1) is 14.9. The largest absolute Gasteiger partial charge is 0.354 e. The molecule has 7 heteroatoms. The van der Waals surface area contributed by atoms with Crippen LogP contribution in [0.2, 0.25) is 0 Å². The molecule has 1 aromatic heterocycles. The zero-order valence-corrected chi connectivity index (χ0v) is 11.1. The lowest BCUT2D eigenvalue weighted by molar-refractivity contribution is -0.124. The molecule has 104 valence electrons. The number of aromatic amines is 1. The van der Waals surface area contributed by atoms with Crippen molar-refractivity contribution in [1.29, 1.82) is 0 Å². The summed E-state index contributed by atoms with van der Waals surface area (Å²) >= 11 is 0. The van der Waals surface area contributed by atoms with Gasteiger partial charge < -0.3 is 10.3 Å². The number of carbonyl (C=O) groups is 2. The molecule has 0 aromatic carbocycles. The Hall–Kier alpha value is -2.18. The van der Waals surface area contributed by atoms with E-state index in [1.54, 1.807) is 0 Å². The van der Waals surface area contributed by atoms with Gasteiger partial charge in [-0.1, -0.05) is 6.92 Å². The van der Waals surface area contributed by atoms with E-state index in [0.717, 1.165) is 17.2 Å². The van der Waals surface area contributed by atoms with Gasteiger partial charge in [0.15, 0.2) is 5.78 Å². The summed E-state index contributed by atoms with van der Waals surface area (Å²) in [6, 6.07) is -0.970. The van der Waals surface area contributed by atoms with Gasteiger partial charge in [-0.15, -0.1) is 0 Å². The van der Waals surface area contributed by atoms with E-state index in [2.05, 4.69) is 10.3 Å². The molecule has 0 bridgehead atoms. The Balaban J connectivity index is 3.23. The number of nitrogens with zero attached hydrogens (tertiary/aromatic N) is 1. The van der Waals surface area contributed by atoms with Crippen LogP contribution in [0.25, 0.3) is 0 Å². The summed E-state index contributed by atoms with van der Waals surface area (Å²) in [7, 11) is 0. The van der Waals surface area contributed by atoms with Crippen molar-refractivity contribution in [3.8, 4) is 0 Å². The van der Waals surface area contributed by atoms with Crippen LogP contribution in [0.3, 0.4) is 0 Å². The SMILES string of the molecule is CCCNC(=O)C(C)n1c(=O)[nH]cc(C(C)=O)c1=O. The Bertz CT molecular complexity index is 600. The smallest absolute Gasteiger partial charge is 0.329 e. The molecule has 1 rings (SSSR count). The summed E-state index contributed by atoms with van der Waals surface area (Å²) in [4.78, 5) is 49.0. The first-order valence-corrected chi connectivity index (χ1v) is 6.03. The fourth-order valence-corrected chi connectivity index (χ4v) is 1.60. The number of hydrogen-bond acceptors (Lipinski definition) is 4. The minimum absolute atomic E-state index is 0.144. The normalized spacial score (nSPS) is 11.9. The highest BCUT2D eigenvalue weighted by Crippen LogP contribution is 1.99. The minimum atomic E-state index is -0.970. The van der Waals surface area contributed by atoms with Gasteiger partial charge in [-0.25, -0.2) is 9.36 Å². The Morgan fingerprint density at radius 3 is 2.58 bits per heavy atom. The number of carbonyl (C=O) groups excluding carboxylic acids is 2. The van der Waals surface area contributed by atoms with Crippen LogP contribution in [0.15, 0.2) is 15.8 Å². The van der Waals surface area contributed by atoms with Crippen molar-refractivity contribution in [2.24, 2.45) is 0 Å². The first-order valence-electron chi connectivity index (χ1n) is 6.03. The monoisotopic (exact) mass is 267 g/mol. The molecule has 0 saturated heterocycles. The number of ketones is 1. The van der Waals surface area contributed by atoms with Gasteiger partial charge in [-0.3, -0.25) is 14.4 Å². The molecule has 7 nitrogen and oxygen atoms in total. The van der Waals surface area contributed by atoms with Crippen LogP contribution in [0, 0.1) is 0 Å². The second-order valence-electron chi connectivity index (χ2n) is 4.21. The summed E-state index contributed by atoms with van der Waals surface area (Å²) in [5.74, 6) is -0.897. The standard InChI is InChI=1S/C12H17N3O4/c1-4-5-13-10(17)7(2)15-11(18)9(8(3)16)6-14-12(15)19/h6-7H,4-5H2,1-3H3,(H,13,17)(H,14,19). The zero-order chi connectivity index (χ0) is 14.6. The molecule has 0 fully saturated rings. The van der Waals surface area contributed by atoms with E-state index < -0.39 is 29.0 Å². The lowest BCUT2D eigenvalue weighted by Gasteiger charge is -2.14. The third-order valence-electron chi connectivity index (χ3n) is 2.70. The van der Waals surface area contributed by atoms with E-state index in [9.17, 15) is 19.2 Å². The molecular formula is C12H17N3O4. The predicted octanol–water partition coefficient (Wildman–Crippen LogP) is -0.174. The summed E-state index contributed by atoms with van der Waals surface area (Å²) in [5, 5.41) is 2.60. The third kappa shape index (κ3) is 3.18. The summed E-state index contributed by atoms with van der Waals surface area (Å²) in [6.07, 6.45) is 1.82. The highest BCUT2D eigenvalue weighted by molar-refractivity contribution is 5.93. The van der Waals surface area contributed by atoms with Crippen molar-refractivity contribution >= 4 is 11.7 Å². The molecule has 19 heavy (non-hydrogen) atoms. The fourth-order valence-electron chi connectivity index (χ4n) is 1.60. The number of amides is 1. The van der Waals surface area contributed by atoms with Crippen LogP contribution in [-0.4, -0.2) is 27.8 Å². The van der Waals surface area contributed by atoms with E-state index in [0.29, 0.717) is 6.54 Å². The van der Waals surface area contributed by atoms with Crippen LogP contribution >= 0.6 is 0 Å². The molecule has 1 amide bonds. The molecule has 0 radical (unpaired) electrons. The van der Waals surface area contributed by atoms with E-state index in [-0.39, 0.29) is 5.56 Å². The fraction of sp³-hybridized carbons (Fsp3) is 0.500. The van der Waals surface area contributed by atoms with Crippen molar-refractivity contribution in [2.75, 3.05) is 6.54 Å². The van der Waals surface area contributed by atoms with Gasteiger partial charge >= 0.3 is 5.69 Å². The number of hydrogen-bond donors (Lipinski definition) is 2. The molecular weight excluding hydrogens is 250 g/mol. The van der Waals surface area contributed by atoms with Crippen LogP contribution in [0.5, 0.6) is 0 Å². The summed E-state index contributed by atoms with van der Waals surface area (Å²) < 4.78 is 0.752. The Morgan fingerprint density at radius 2 is 2.05 bits per heavy atom. The molecule has 0 aliphatic rings. The van der Waals surface area contributed by atoms with Crippen molar-refractivity contribution in [3.63, 3.8) is 0 Å².